The van der Waals surface area contributed by atoms with Crippen LogP contribution in [-0.2, 0) is 21.6 Å². The Hall–Kier alpha value is -1.42. The maximum absolute atomic E-state index is 13.3. The van der Waals surface area contributed by atoms with E-state index in [0.717, 1.165) is 19.5 Å². The molecule has 1 aliphatic heterocycles. The Bertz CT molecular complexity index is 1140. The Morgan fingerprint density at radius 1 is 0.571 bits per heavy atom. The minimum Gasteiger partial charge on any atom is -0.250 e. The lowest BCUT2D eigenvalue weighted by Crippen LogP contribution is -2.03. The summed E-state index contributed by atoms with van der Waals surface area (Å²) in [5.41, 5.74) is 0. The Kier molecular flexibility index (Phi) is 5.17. The first-order valence-electron chi connectivity index (χ1n) is 8.22. The Morgan fingerprint density at radius 3 is 1.46 bits per heavy atom. The van der Waals surface area contributed by atoms with Gasteiger partial charge in [0.25, 0.3) is 0 Å². The van der Waals surface area contributed by atoms with Crippen LogP contribution in [0.5, 0.6) is 0 Å². The van der Waals surface area contributed by atoms with Crippen LogP contribution in [0.25, 0.3) is 29.3 Å². The third kappa shape index (κ3) is 3.49. The number of thiophene rings is 4. The molecule has 0 saturated carbocycles. The summed E-state index contributed by atoms with van der Waals surface area (Å²) in [6.07, 6.45) is 0. The fourth-order valence-corrected chi connectivity index (χ4v) is 9.90. The van der Waals surface area contributed by atoms with E-state index in [1.54, 1.807) is 56.2 Å². The minimum atomic E-state index is -1.35. The van der Waals surface area contributed by atoms with Crippen molar-refractivity contribution in [3.05, 3.63) is 79.9 Å². The van der Waals surface area contributed by atoms with Crippen LogP contribution in [0.3, 0.4) is 0 Å². The van der Waals surface area contributed by atoms with Crippen LogP contribution in [0.15, 0.2) is 70.1 Å². The van der Waals surface area contributed by atoms with Gasteiger partial charge in [-0.05, 0) is 47.2 Å². The molecule has 8 heteroatoms. The van der Waals surface area contributed by atoms with Gasteiger partial charge in [0.15, 0.2) is 0 Å². The standard InChI is InChI=1S/C20H12O2S6/c21-27-11-19(17-7-5-15(25-17)13-3-1-9-23-13)28(22)20(12-27)18-8-6-16(26-18)14-4-2-10-24-14/h1-12H. The number of rotatable bonds is 4. The second-order valence-corrected chi connectivity index (χ2v) is 12.5. The topological polar surface area (TPSA) is 34.1 Å². The summed E-state index contributed by atoms with van der Waals surface area (Å²) in [4.78, 5) is 7.78. The molecule has 2 nitrogen and oxygen atoms in total. The molecule has 5 rings (SSSR count). The van der Waals surface area contributed by atoms with E-state index in [4.69, 9.17) is 0 Å². The molecule has 4 aromatic heterocycles. The third-order valence-electron chi connectivity index (χ3n) is 4.07. The average Bonchev–Trinajstić information content (AvgIpc) is 3.49. The summed E-state index contributed by atoms with van der Waals surface area (Å²) in [6, 6.07) is 16.3. The van der Waals surface area contributed by atoms with E-state index < -0.39 is 21.6 Å². The smallest absolute Gasteiger partial charge is 0.0891 e. The third-order valence-corrected chi connectivity index (χ3v) is 11.4. The molecule has 0 unspecified atom stereocenters. The van der Waals surface area contributed by atoms with E-state index in [-0.39, 0.29) is 0 Å². The van der Waals surface area contributed by atoms with Gasteiger partial charge in [-0.25, -0.2) is 4.21 Å². The molecule has 0 aromatic carbocycles. The van der Waals surface area contributed by atoms with Gasteiger partial charge >= 0.3 is 0 Å². The van der Waals surface area contributed by atoms with Crippen LogP contribution < -0.4 is 0 Å². The van der Waals surface area contributed by atoms with Crippen molar-refractivity contribution in [3.63, 3.8) is 0 Å². The van der Waals surface area contributed by atoms with E-state index in [0.29, 0.717) is 9.81 Å². The van der Waals surface area contributed by atoms with Crippen LogP contribution >= 0.6 is 45.3 Å². The molecular weight excluding hydrogens is 465 g/mol. The average molecular weight is 477 g/mol. The van der Waals surface area contributed by atoms with Crippen molar-refractivity contribution in [2.24, 2.45) is 0 Å². The maximum Gasteiger partial charge on any atom is 0.0891 e. The SMILES string of the molecule is O=S1C=C(c2ccc(-c3cccs3)s2)S(=O)C(c2ccc(-c3cccs3)s2)=C1. The first kappa shape index (κ1) is 18.6. The number of hydrogen-bond acceptors (Lipinski definition) is 6. The van der Waals surface area contributed by atoms with Crippen LogP contribution in [0.1, 0.15) is 9.75 Å². The first-order valence-corrected chi connectivity index (χ1v) is 14.0. The molecule has 140 valence electrons. The van der Waals surface area contributed by atoms with Crippen molar-refractivity contribution in [2.75, 3.05) is 0 Å². The van der Waals surface area contributed by atoms with E-state index in [1.807, 2.05) is 47.2 Å². The van der Waals surface area contributed by atoms with Crippen molar-refractivity contribution < 1.29 is 8.42 Å². The fraction of sp³-hybridized carbons (Fsp3) is 0. The fourth-order valence-electron chi connectivity index (χ4n) is 2.79. The zero-order valence-corrected chi connectivity index (χ0v) is 19.1. The highest BCUT2D eigenvalue weighted by atomic mass is 32.2. The highest BCUT2D eigenvalue weighted by molar-refractivity contribution is 8.07. The van der Waals surface area contributed by atoms with Crippen molar-refractivity contribution in [2.45, 2.75) is 0 Å². The molecule has 0 atom stereocenters. The van der Waals surface area contributed by atoms with Crippen LogP contribution in [-0.4, -0.2) is 8.42 Å². The highest BCUT2D eigenvalue weighted by Gasteiger charge is 2.25. The molecule has 0 aliphatic carbocycles. The molecule has 0 N–H and O–H groups in total. The van der Waals surface area contributed by atoms with E-state index in [9.17, 15) is 8.42 Å². The highest BCUT2D eigenvalue weighted by Crippen LogP contribution is 2.42. The summed E-state index contributed by atoms with van der Waals surface area (Å²) in [5.74, 6) is 0. The summed E-state index contributed by atoms with van der Waals surface area (Å²) in [5, 5.41) is 7.34. The lowest BCUT2D eigenvalue weighted by atomic mass is 10.3. The molecule has 5 heterocycles. The van der Waals surface area contributed by atoms with Gasteiger partial charge in [0.2, 0.25) is 0 Å². The monoisotopic (exact) mass is 476 g/mol. The molecule has 0 fully saturated rings. The molecule has 0 radical (unpaired) electrons. The van der Waals surface area contributed by atoms with Gasteiger partial charge in [-0.2, -0.15) is 0 Å². The van der Waals surface area contributed by atoms with Gasteiger partial charge in [-0.1, -0.05) is 12.1 Å². The van der Waals surface area contributed by atoms with Gasteiger partial charge in [-0.15, -0.1) is 45.3 Å². The van der Waals surface area contributed by atoms with E-state index >= 15 is 0 Å². The normalized spacial score (nSPS) is 19.4. The zero-order valence-electron chi connectivity index (χ0n) is 14.2. The Balaban J connectivity index is 1.48. The predicted octanol–water partition coefficient (Wildman–Crippen LogP) is 7.07. The van der Waals surface area contributed by atoms with Gasteiger partial charge in [0, 0.05) is 40.1 Å². The number of hydrogen-bond donors (Lipinski definition) is 0. The van der Waals surface area contributed by atoms with Crippen molar-refractivity contribution in [1.82, 2.24) is 0 Å². The minimum absolute atomic E-state index is 0.648. The zero-order chi connectivity index (χ0) is 19.1. The Morgan fingerprint density at radius 2 is 1.04 bits per heavy atom. The molecule has 4 aromatic rings. The van der Waals surface area contributed by atoms with Crippen LogP contribution in [0.2, 0.25) is 0 Å². The lowest BCUT2D eigenvalue weighted by molar-refractivity contribution is 0.690. The van der Waals surface area contributed by atoms with Gasteiger partial charge in [0.05, 0.1) is 31.4 Å². The second-order valence-electron chi connectivity index (χ2n) is 5.84. The second kappa shape index (κ2) is 7.78. The van der Waals surface area contributed by atoms with Crippen molar-refractivity contribution in [1.29, 1.82) is 0 Å². The van der Waals surface area contributed by atoms with Gasteiger partial charge in [0.1, 0.15) is 0 Å². The van der Waals surface area contributed by atoms with Gasteiger partial charge < -0.3 is 0 Å². The molecule has 1 aliphatic rings. The first-order chi connectivity index (χ1) is 13.7. The Labute approximate surface area is 183 Å². The molecule has 28 heavy (non-hydrogen) atoms. The maximum atomic E-state index is 13.3. The summed E-state index contributed by atoms with van der Waals surface area (Å²) in [6.45, 7) is 0. The van der Waals surface area contributed by atoms with Crippen LogP contribution in [0, 0.1) is 0 Å². The largest absolute Gasteiger partial charge is 0.250 e. The molecule has 0 spiro atoms. The van der Waals surface area contributed by atoms with Gasteiger partial charge in [-0.3, -0.25) is 4.21 Å². The van der Waals surface area contributed by atoms with E-state index in [2.05, 4.69) is 12.1 Å². The van der Waals surface area contributed by atoms with Crippen molar-refractivity contribution >= 4 is 76.8 Å². The van der Waals surface area contributed by atoms with Crippen LogP contribution in [0.4, 0.5) is 0 Å². The molecule has 0 amide bonds. The summed E-state index contributed by atoms with van der Waals surface area (Å²) >= 11 is 6.56. The van der Waals surface area contributed by atoms with E-state index in [1.165, 1.54) is 9.75 Å². The summed E-state index contributed by atoms with van der Waals surface area (Å²) in [7, 11) is -2.62. The predicted molar refractivity (Wildman–Crippen MR) is 128 cm³/mol. The molecular formula is C20H12O2S6. The molecule has 0 bridgehead atoms. The van der Waals surface area contributed by atoms with Crippen molar-refractivity contribution in [3.8, 4) is 19.5 Å². The lowest BCUT2D eigenvalue weighted by Gasteiger charge is -2.12. The summed E-state index contributed by atoms with van der Waals surface area (Å²) < 4.78 is 25.8. The quantitative estimate of drug-likeness (QED) is 0.315. The molecule has 0 saturated heterocycles.